The molecule has 1 fully saturated rings. The molecular weight excluding hydrogens is 386 g/mol. The van der Waals surface area contributed by atoms with Gasteiger partial charge in [-0.3, -0.25) is 9.88 Å². The van der Waals surface area contributed by atoms with Gasteiger partial charge in [0.1, 0.15) is 11.8 Å². The van der Waals surface area contributed by atoms with Crippen LogP contribution in [0.2, 0.25) is 5.02 Å². The van der Waals surface area contributed by atoms with E-state index < -0.39 is 0 Å². The van der Waals surface area contributed by atoms with Crippen LogP contribution < -0.4 is 5.32 Å². The summed E-state index contributed by atoms with van der Waals surface area (Å²) in [6.45, 7) is 5.14. The van der Waals surface area contributed by atoms with E-state index in [0.717, 1.165) is 52.3 Å². The molecule has 4 heterocycles. The van der Waals surface area contributed by atoms with Crippen LogP contribution in [0.4, 0.5) is 5.82 Å². The molecular formula is C21H22ClN7. The number of imidazole rings is 1. The molecule has 1 atom stereocenters. The normalized spacial score (nSPS) is 15.9. The summed E-state index contributed by atoms with van der Waals surface area (Å²) in [6.07, 6.45) is 5.64. The molecule has 29 heavy (non-hydrogen) atoms. The van der Waals surface area contributed by atoms with Crippen molar-refractivity contribution in [2.75, 3.05) is 18.4 Å². The number of benzene rings is 1. The third kappa shape index (κ3) is 3.52. The van der Waals surface area contributed by atoms with Gasteiger partial charge in [0.05, 0.1) is 28.8 Å². The second-order valence-electron chi connectivity index (χ2n) is 7.50. The molecule has 2 N–H and O–H groups in total. The summed E-state index contributed by atoms with van der Waals surface area (Å²) >= 11 is 6.56. The van der Waals surface area contributed by atoms with Crippen molar-refractivity contribution in [3.05, 3.63) is 53.3 Å². The number of likely N-dealkylation sites (tertiary alicyclic amines) is 1. The van der Waals surface area contributed by atoms with Gasteiger partial charge in [0.25, 0.3) is 0 Å². The Kier molecular flexibility index (Phi) is 4.77. The van der Waals surface area contributed by atoms with E-state index in [-0.39, 0.29) is 6.04 Å². The van der Waals surface area contributed by atoms with Crippen molar-refractivity contribution in [1.82, 2.24) is 29.8 Å². The summed E-state index contributed by atoms with van der Waals surface area (Å²) < 4.78 is 0. The second-order valence-corrected chi connectivity index (χ2v) is 7.91. The number of fused-ring (bicyclic) bond motifs is 2. The molecule has 1 aliphatic rings. The average Bonchev–Trinajstić information content (AvgIpc) is 3.40. The molecule has 4 aromatic rings. The molecule has 148 valence electrons. The molecule has 1 aliphatic heterocycles. The highest BCUT2D eigenvalue weighted by atomic mass is 35.5. The van der Waals surface area contributed by atoms with Gasteiger partial charge < -0.3 is 10.3 Å². The maximum atomic E-state index is 6.56. The molecule has 1 aromatic carbocycles. The number of aromatic amines is 1. The van der Waals surface area contributed by atoms with Gasteiger partial charge in [-0.1, -0.05) is 23.7 Å². The first-order chi connectivity index (χ1) is 14.2. The second kappa shape index (κ2) is 7.57. The van der Waals surface area contributed by atoms with Gasteiger partial charge >= 0.3 is 0 Å². The molecule has 0 spiro atoms. The number of nitrogens with one attached hydrogen (secondary N) is 2. The van der Waals surface area contributed by atoms with Crippen LogP contribution in [-0.4, -0.2) is 42.9 Å². The SMILES string of the molecule is CC(Nc1ncnc2nc[nH]c12)c1cc2cccc(Cl)c2c(CN2CCCC2)n1. The zero-order valence-corrected chi connectivity index (χ0v) is 16.9. The van der Waals surface area contributed by atoms with Gasteiger partial charge in [0.2, 0.25) is 0 Å². The van der Waals surface area contributed by atoms with Crippen LogP contribution in [0.5, 0.6) is 0 Å². The van der Waals surface area contributed by atoms with Gasteiger partial charge in [0.15, 0.2) is 11.5 Å². The van der Waals surface area contributed by atoms with Gasteiger partial charge in [-0.15, -0.1) is 0 Å². The Bertz CT molecular complexity index is 1170. The summed E-state index contributed by atoms with van der Waals surface area (Å²) in [4.78, 5) is 23.3. The minimum atomic E-state index is -0.0443. The molecule has 3 aromatic heterocycles. The number of nitrogens with zero attached hydrogens (tertiary/aromatic N) is 5. The largest absolute Gasteiger partial charge is 0.360 e. The maximum absolute atomic E-state index is 6.56. The van der Waals surface area contributed by atoms with Crippen LogP contribution in [-0.2, 0) is 6.54 Å². The monoisotopic (exact) mass is 407 g/mol. The van der Waals surface area contributed by atoms with Crippen LogP contribution in [0.25, 0.3) is 21.9 Å². The lowest BCUT2D eigenvalue weighted by atomic mass is 10.1. The molecule has 1 saturated heterocycles. The fraction of sp³-hybridized carbons (Fsp3) is 0.333. The first-order valence-corrected chi connectivity index (χ1v) is 10.3. The van der Waals surface area contributed by atoms with Crippen LogP contribution >= 0.6 is 11.6 Å². The molecule has 0 saturated carbocycles. The lowest BCUT2D eigenvalue weighted by molar-refractivity contribution is 0.328. The lowest BCUT2D eigenvalue weighted by Gasteiger charge is -2.20. The number of hydrogen-bond acceptors (Lipinski definition) is 6. The number of aromatic nitrogens is 5. The van der Waals surface area contributed by atoms with Crippen molar-refractivity contribution in [2.45, 2.75) is 32.4 Å². The Morgan fingerprint density at radius 3 is 2.93 bits per heavy atom. The Morgan fingerprint density at radius 1 is 1.21 bits per heavy atom. The smallest absolute Gasteiger partial charge is 0.182 e. The Morgan fingerprint density at radius 2 is 2.07 bits per heavy atom. The molecule has 0 radical (unpaired) electrons. The lowest BCUT2D eigenvalue weighted by Crippen LogP contribution is -2.20. The summed E-state index contributed by atoms with van der Waals surface area (Å²) in [5, 5.41) is 6.37. The highest BCUT2D eigenvalue weighted by Crippen LogP contribution is 2.30. The minimum Gasteiger partial charge on any atom is -0.360 e. The highest BCUT2D eigenvalue weighted by Gasteiger charge is 2.19. The molecule has 8 heteroatoms. The zero-order chi connectivity index (χ0) is 19.8. The van der Waals surface area contributed by atoms with E-state index in [1.165, 1.54) is 19.2 Å². The number of hydrogen-bond donors (Lipinski definition) is 2. The van der Waals surface area contributed by atoms with E-state index in [1.54, 1.807) is 6.33 Å². The third-order valence-electron chi connectivity index (χ3n) is 5.49. The number of halogens is 1. The number of pyridine rings is 1. The third-order valence-corrected chi connectivity index (χ3v) is 5.81. The predicted octanol–water partition coefficient (Wildman–Crippen LogP) is 4.32. The number of H-pyrrole nitrogens is 1. The zero-order valence-electron chi connectivity index (χ0n) is 16.2. The van der Waals surface area contributed by atoms with E-state index in [4.69, 9.17) is 16.6 Å². The van der Waals surface area contributed by atoms with E-state index in [0.29, 0.717) is 11.5 Å². The summed E-state index contributed by atoms with van der Waals surface area (Å²) in [7, 11) is 0. The van der Waals surface area contributed by atoms with E-state index >= 15 is 0 Å². The van der Waals surface area contributed by atoms with Gasteiger partial charge in [0, 0.05) is 11.9 Å². The highest BCUT2D eigenvalue weighted by molar-refractivity contribution is 6.35. The number of rotatable bonds is 5. The Hall–Kier alpha value is -2.77. The van der Waals surface area contributed by atoms with Crippen molar-refractivity contribution >= 4 is 39.4 Å². The molecule has 0 amide bonds. The molecule has 1 unspecified atom stereocenters. The van der Waals surface area contributed by atoms with Crippen molar-refractivity contribution in [3.8, 4) is 0 Å². The minimum absolute atomic E-state index is 0.0443. The van der Waals surface area contributed by atoms with E-state index in [2.05, 4.69) is 49.2 Å². The van der Waals surface area contributed by atoms with Crippen LogP contribution in [0.1, 0.15) is 37.2 Å². The van der Waals surface area contributed by atoms with Crippen LogP contribution in [0.3, 0.4) is 0 Å². The predicted molar refractivity (Wildman–Crippen MR) is 115 cm³/mol. The fourth-order valence-corrected chi connectivity index (χ4v) is 4.30. The van der Waals surface area contributed by atoms with E-state index in [1.807, 2.05) is 12.1 Å². The maximum Gasteiger partial charge on any atom is 0.182 e. The topological polar surface area (TPSA) is 82.6 Å². The summed E-state index contributed by atoms with van der Waals surface area (Å²) in [5.74, 6) is 0.717. The van der Waals surface area contributed by atoms with Crippen molar-refractivity contribution in [3.63, 3.8) is 0 Å². The van der Waals surface area contributed by atoms with Gasteiger partial charge in [-0.25, -0.2) is 15.0 Å². The van der Waals surface area contributed by atoms with Crippen LogP contribution in [0.15, 0.2) is 36.9 Å². The summed E-state index contributed by atoms with van der Waals surface area (Å²) in [6, 6.07) is 8.10. The Balaban J connectivity index is 1.52. The van der Waals surface area contributed by atoms with Crippen molar-refractivity contribution in [1.29, 1.82) is 0 Å². The van der Waals surface area contributed by atoms with Gasteiger partial charge in [-0.05, 0) is 50.4 Å². The quantitative estimate of drug-likeness (QED) is 0.512. The van der Waals surface area contributed by atoms with Crippen LogP contribution in [0, 0.1) is 0 Å². The molecule has 0 bridgehead atoms. The van der Waals surface area contributed by atoms with E-state index in [9.17, 15) is 0 Å². The average molecular weight is 408 g/mol. The Labute approximate surface area is 173 Å². The van der Waals surface area contributed by atoms with Gasteiger partial charge in [-0.2, -0.15) is 0 Å². The summed E-state index contributed by atoms with van der Waals surface area (Å²) in [5.41, 5.74) is 3.43. The molecule has 0 aliphatic carbocycles. The standard InChI is InChI=1S/C21H22ClN7/c1-13(27-21-19-20(24-11-23-19)25-12-26-21)16-9-14-5-4-6-15(22)18(14)17(28-16)10-29-7-2-3-8-29/h4-6,9,11-13H,2-3,7-8,10H2,1H3,(H2,23,24,25,26,27). The first-order valence-electron chi connectivity index (χ1n) is 9.90. The van der Waals surface area contributed by atoms with Crippen molar-refractivity contribution < 1.29 is 0 Å². The fourth-order valence-electron chi connectivity index (χ4n) is 4.01. The molecule has 5 rings (SSSR count). The van der Waals surface area contributed by atoms with Crippen molar-refractivity contribution in [2.24, 2.45) is 0 Å². The molecule has 7 nitrogen and oxygen atoms in total. The first kappa shape index (κ1) is 18.3. The number of anilines is 1.